The van der Waals surface area contributed by atoms with Crippen molar-refractivity contribution in [2.45, 2.75) is 18.2 Å². The molecule has 0 aliphatic carbocycles. The normalized spacial score (nSPS) is 10.5. The van der Waals surface area contributed by atoms with E-state index in [0.717, 1.165) is 22.6 Å². The van der Waals surface area contributed by atoms with Gasteiger partial charge in [0.25, 0.3) is 5.91 Å². The fraction of sp³-hybridized carbons (Fsp3) is 0.250. The van der Waals surface area contributed by atoms with Gasteiger partial charge in [-0.2, -0.15) is 15.4 Å². The molecule has 1 heterocycles. The molecule has 0 aliphatic heterocycles. The first-order valence-corrected chi connectivity index (χ1v) is 6.64. The number of nitrogens with one attached hydrogen (secondary N) is 1. The maximum Gasteiger partial charge on any atom is 0.271 e. The molecule has 0 aliphatic rings. The molecule has 5 nitrogen and oxygen atoms in total. The minimum absolute atomic E-state index is 0.174. The van der Waals surface area contributed by atoms with Crippen LogP contribution in [0.5, 0.6) is 0 Å². The van der Waals surface area contributed by atoms with Crippen LogP contribution in [0.4, 0.5) is 0 Å². The Hall–Kier alpha value is -1.82. The first-order valence-electron chi connectivity index (χ1n) is 5.66. The zero-order chi connectivity index (χ0) is 13.0. The summed E-state index contributed by atoms with van der Waals surface area (Å²) in [4.78, 5) is 12.4. The molecule has 18 heavy (non-hydrogen) atoms. The molecule has 0 saturated carbocycles. The van der Waals surface area contributed by atoms with E-state index in [4.69, 9.17) is 5.73 Å². The smallest absolute Gasteiger partial charge is 0.271 e. The number of nitrogens with zero attached hydrogens (tertiary/aromatic N) is 2. The average Bonchev–Trinajstić information content (AvgIpc) is 2.86. The van der Waals surface area contributed by atoms with Gasteiger partial charge < -0.3 is 5.73 Å². The van der Waals surface area contributed by atoms with Gasteiger partial charge in [-0.3, -0.25) is 4.79 Å². The lowest BCUT2D eigenvalue weighted by Crippen LogP contribution is -2.12. The third-order valence-corrected chi connectivity index (χ3v) is 3.56. The number of carbonyl (C=O) groups excluding carboxylic acids is 1. The lowest BCUT2D eigenvalue weighted by atomic mass is 10.1. The predicted molar refractivity (Wildman–Crippen MR) is 71.4 cm³/mol. The first-order chi connectivity index (χ1) is 8.72. The summed E-state index contributed by atoms with van der Waals surface area (Å²) < 4.78 is 0. The van der Waals surface area contributed by atoms with Crippen LogP contribution in [-0.4, -0.2) is 27.1 Å². The van der Waals surface area contributed by atoms with E-state index in [2.05, 4.69) is 22.3 Å². The third kappa shape index (κ3) is 2.70. The van der Waals surface area contributed by atoms with Crippen molar-refractivity contribution in [2.24, 2.45) is 5.73 Å². The molecular weight excluding hydrogens is 248 g/mol. The van der Waals surface area contributed by atoms with E-state index in [1.807, 2.05) is 24.3 Å². The summed E-state index contributed by atoms with van der Waals surface area (Å²) in [6.45, 7) is 2.14. The van der Waals surface area contributed by atoms with Crippen molar-refractivity contribution < 1.29 is 4.79 Å². The highest BCUT2D eigenvalue weighted by Gasteiger charge is 2.15. The summed E-state index contributed by atoms with van der Waals surface area (Å²) in [7, 11) is 0. The second-order valence-corrected chi connectivity index (χ2v) is 4.93. The third-order valence-electron chi connectivity index (χ3n) is 2.36. The molecule has 0 radical (unpaired) electrons. The van der Waals surface area contributed by atoms with Crippen LogP contribution >= 0.6 is 11.8 Å². The number of benzene rings is 1. The van der Waals surface area contributed by atoms with E-state index in [0.29, 0.717) is 5.69 Å². The lowest BCUT2D eigenvalue weighted by molar-refractivity contribution is 0.0996. The Labute approximate surface area is 109 Å². The van der Waals surface area contributed by atoms with Gasteiger partial charge in [-0.1, -0.05) is 19.1 Å². The Balaban J connectivity index is 2.32. The molecule has 3 N–H and O–H groups in total. The molecule has 2 aromatic rings. The fourth-order valence-electron chi connectivity index (χ4n) is 1.56. The molecule has 1 amide bonds. The second kappa shape index (κ2) is 5.68. The van der Waals surface area contributed by atoms with Gasteiger partial charge in [0.1, 0.15) is 5.69 Å². The van der Waals surface area contributed by atoms with E-state index in [1.54, 1.807) is 11.8 Å². The molecule has 0 fully saturated rings. The van der Waals surface area contributed by atoms with Crippen molar-refractivity contribution >= 4 is 17.7 Å². The van der Waals surface area contributed by atoms with Gasteiger partial charge in [0, 0.05) is 10.5 Å². The quantitative estimate of drug-likeness (QED) is 0.808. The van der Waals surface area contributed by atoms with Crippen molar-refractivity contribution in [3.63, 3.8) is 0 Å². The molecule has 1 aromatic carbocycles. The summed E-state index contributed by atoms with van der Waals surface area (Å²) >= 11 is 1.77. The molecule has 0 spiro atoms. The van der Waals surface area contributed by atoms with Gasteiger partial charge in [-0.05, 0) is 24.3 Å². The Bertz CT molecular complexity index is 553. The average molecular weight is 262 g/mol. The Morgan fingerprint density at radius 2 is 2.28 bits per heavy atom. The number of aromatic nitrogens is 3. The van der Waals surface area contributed by atoms with Crippen LogP contribution < -0.4 is 5.73 Å². The number of amides is 1. The van der Waals surface area contributed by atoms with Crippen molar-refractivity contribution in [1.29, 1.82) is 0 Å². The minimum atomic E-state index is -0.578. The second-order valence-electron chi connectivity index (χ2n) is 3.76. The van der Waals surface area contributed by atoms with Gasteiger partial charge in [-0.15, -0.1) is 11.8 Å². The molecule has 0 bridgehead atoms. The predicted octanol–water partition coefficient (Wildman–Crippen LogP) is 2.07. The minimum Gasteiger partial charge on any atom is -0.364 e. The topological polar surface area (TPSA) is 84.7 Å². The molecule has 2 rings (SSSR count). The zero-order valence-electron chi connectivity index (χ0n) is 10.0. The summed E-state index contributed by atoms with van der Waals surface area (Å²) in [5.74, 6) is 0.482. The maximum atomic E-state index is 11.2. The summed E-state index contributed by atoms with van der Waals surface area (Å²) in [6, 6.07) is 7.85. The van der Waals surface area contributed by atoms with Crippen LogP contribution in [0.2, 0.25) is 0 Å². The van der Waals surface area contributed by atoms with Crippen LogP contribution in [0.25, 0.3) is 11.3 Å². The fourth-order valence-corrected chi connectivity index (χ4v) is 2.38. The number of aromatic amines is 1. The SMILES string of the molecule is CCCSc1cccc(-c2n[nH]nc2C(N)=O)c1. The van der Waals surface area contributed by atoms with Crippen LogP contribution in [0.3, 0.4) is 0 Å². The zero-order valence-corrected chi connectivity index (χ0v) is 10.8. The summed E-state index contributed by atoms with van der Waals surface area (Å²) in [5, 5.41) is 10.2. The van der Waals surface area contributed by atoms with E-state index >= 15 is 0 Å². The highest BCUT2D eigenvalue weighted by Crippen LogP contribution is 2.26. The van der Waals surface area contributed by atoms with E-state index in [-0.39, 0.29) is 5.69 Å². The molecule has 0 unspecified atom stereocenters. The molecule has 6 heteroatoms. The summed E-state index contributed by atoms with van der Waals surface area (Å²) in [5.41, 5.74) is 6.77. The van der Waals surface area contributed by atoms with Crippen LogP contribution in [0.15, 0.2) is 29.2 Å². The standard InChI is InChI=1S/C12H14N4OS/c1-2-6-18-9-5-3-4-8(7-9)10-11(12(13)17)15-16-14-10/h3-5,7H,2,6H2,1H3,(H2,13,17)(H,14,15,16). The maximum absolute atomic E-state index is 11.2. The number of hydrogen-bond donors (Lipinski definition) is 2. The lowest BCUT2D eigenvalue weighted by Gasteiger charge is -2.03. The highest BCUT2D eigenvalue weighted by atomic mass is 32.2. The number of hydrogen-bond acceptors (Lipinski definition) is 4. The Morgan fingerprint density at radius 3 is 3.00 bits per heavy atom. The molecule has 0 saturated heterocycles. The number of nitrogens with two attached hydrogens (primary N) is 1. The number of thioether (sulfide) groups is 1. The number of H-pyrrole nitrogens is 1. The van der Waals surface area contributed by atoms with Crippen LogP contribution in [-0.2, 0) is 0 Å². The van der Waals surface area contributed by atoms with Gasteiger partial charge in [0.15, 0.2) is 5.69 Å². The first kappa shape index (κ1) is 12.6. The van der Waals surface area contributed by atoms with Gasteiger partial charge >= 0.3 is 0 Å². The monoisotopic (exact) mass is 262 g/mol. The van der Waals surface area contributed by atoms with E-state index in [1.165, 1.54) is 0 Å². The number of primary amides is 1. The Kier molecular flexibility index (Phi) is 3.99. The molecule has 0 atom stereocenters. The van der Waals surface area contributed by atoms with Crippen molar-refractivity contribution in [3.8, 4) is 11.3 Å². The summed E-state index contributed by atoms with van der Waals surface area (Å²) in [6.07, 6.45) is 1.12. The number of carbonyl (C=O) groups is 1. The number of rotatable bonds is 5. The largest absolute Gasteiger partial charge is 0.364 e. The van der Waals surface area contributed by atoms with Gasteiger partial charge in [0.05, 0.1) is 0 Å². The van der Waals surface area contributed by atoms with Crippen molar-refractivity contribution in [2.75, 3.05) is 5.75 Å². The van der Waals surface area contributed by atoms with Crippen molar-refractivity contribution in [3.05, 3.63) is 30.0 Å². The molecule has 94 valence electrons. The highest BCUT2D eigenvalue weighted by molar-refractivity contribution is 7.99. The molecule has 1 aromatic heterocycles. The molecular formula is C12H14N4OS. The van der Waals surface area contributed by atoms with Crippen LogP contribution in [0.1, 0.15) is 23.8 Å². The van der Waals surface area contributed by atoms with Gasteiger partial charge in [0.2, 0.25) is 0 Å². The Morgan fingerprint density at radius 1 is 1.44 bits per heavy atom. The van der Waals surface area contributed by atoms with E-state index in [9.17, 15) is 4.79 Å². The van der Waals surface area contributed by atoms with E-state index < -0.39 is 5.91 Å². The van der Waals surface area contributed by atoms with Crippen LogP contribution in [0, 0.1) is 0 Å². The van der Waals surface area contributed by atoms with Gasteiger partial charge in [-0.25, -0.2) is 0 Å². The van der Waals surface area contributed by atoms with Crippen molar-refractivity contribution in [1.82, 2.24) is 15.4 Å².